The first-order chi connectivity index (χ1) is 18.9. The number of para-hydroxylation sites is 1. The summed E-state index contributed by atoms with van der Waals surface area (Å²) in [7, 11) is 3.99. The molecule has 0 aliphatic heterocycles. The van der Waals surface area contributed by atoms with E-state index in [-0.39, 0.29) is 11.7 Å². The zero-order valence-corrected chi connectivity index (χ0v) is 22.8. The van der Waals surface area contributed by atoms with E-state index >= 15 is 0 Å². The van der Waals surface area contributed by atoms with Crippen molar-refractivity contribution >= 4 is 34.4 Å². The molecular formula is C32H35N5O2. The summed E-state index contributed by atoms with van der Waals surface area (Å²) in [4.78, 5) is 37.7. The van der Waals surface area contributed by atoms with Gasteiger partial charge in [-0.25, -0.2) is 4.98 Å². The van der Waals surface area contributed by atoms with Crippen molar-refractivity contribution in [3.63, 3.8) is 0 Å². The first kappa shape index (κ1) is 26.4. The minimum Gasteiger partial charge on any atom is -0.362 e. The number of hydrogen-bond donors (Lipinski definition) is 2. The molecule has 0 radical (unpaired) electrons. The summed E-state index contributed by atoms with van der Waals surface area (Å²) in [5.41, 5.74) is 3.45. The van der Waals surface area contributed by atoms with Crippen LogP contribution in [0.3, 0.4) is 0 Å². The van der Waals surface area contributed by atoms with E-state index in [1.807, 2.05) is 74.4 Å². The highest BCUT2D eigenvalue weighted by atomic mass is 16.2. The third-order valence-corrected chi connectivity index (χ3v) is 7.47. The number of aromatic nitrogens is 2. The van der Waals surface area contributed by atoms with Gasteiger partial charge in [0.1, 0.15) is 5.82 Å². The summed E-state index contributed by atoms with van der Waals surface area (Å²) in [6.45, 7) is 2.58. The van der Waals surface area contributed by atoms with Gasteiger partial charge in [-0.15, -0.1) is 0 Å². The predicted octanol–water partition coefficient (Wildman–Crippen LogP) is 5.64. The van der Waals surface area contributed by atoms with E-state index in [4.69, 9.17) is 9.97 Å². The van der Waals surface area contributed by atoms with Crippen LogP contribution in [0.5, 0.6) is 0 Å². The van der Waals surface area contributed by atoms with Crippen molar-refractivity contribution in [1.82, 2.24) is 15.3 Å². The average Bonchev–Trinajstić information content (AvgIpc) is 2.96. The summed E-state index contributed by atoms with van der Waals surface area (Å²) in [6, 6.07) is 22.8. The maximum absolute atomic E-state index is 13.1. The molecule has 1 saturated carbocycles. The Balaban J connectivity index is 1.17. The second-order valence-corrected chi connectivity index (χ2v) is 10.6. The molecule has 1 aromatic heterocycles. The number of carbonyl (C=O) groups is 2. The molecule has 7 heteroatoms. The molecule has 1 amide bonds. The van der Waals surface area contributed by atoms with Crippen LogP contribution in [0.1, 0.15) is 57.5 Å². The number of rotatable bonds is 8. The monoisotopic (exact) mass is 521 g/mol. The highest BCUT2D eigenvalue weighted by molar-refractivity contribution is 6.15. The van der Waals surface area contributed by atoms with Crippen molar-refractivity contribution in [1.29, 1.82) is 0 Å². The molecule has 3 aromatic carbocycles. The Hall–Kier alpha value is -4.26. The van der Waals surface area contributed by atoms with Crippen LogP contribution < -0.4 is 15.5 Å². The van der Waals surface area contributed by atoms with Crippen molar-refractivity contribution in [2.24, 2.45) is 5.92 Å². The van der Waals surface area contributed by atoms with Gasteiger partial charge in [0, 0.05) is 43.2 Å². The lowest BCUT2D eigenvalue weighted by Crippen LogP contribution is -2.34. The van der Waals surface area contributed by atoms with Gasteiger partial charge >= 0.3 is 0 Å². The van der Waals surface area contributed by atoms with E-state index in [2.05, 4.69) is 10.6 Å². The zero-order valence-electron chi connectivity index (χ0n) is 22.8. The van der Waals surface area contributed by atoms with Crippen LogP contribution >= 0.6 is 0 Å². The fourth-order valence-corrected chi connectivity index (χ4v) is 5.23. The molecule has 1 aliphatic rings. The van der Waals surface area contributed by atoms with Gasteiger partial charge in [-0.3, -0.25) is 9.59 Å². The number of hydrogen-bond acceptors (Lipinski definition) is 6. The molecule has 39 heavy (non-hydrogen) atoms. The van der Waals surface area contributed by atoms with Crippen molar-refractivity contribution in [2.45, 2.75) is 38.6 Å². The van der Waals surface area contributed by atoms with E-state index in [9.17, 15) is 9.59 Å². The minimum atomic E-state index is -0.202. The van der Waals surface area contributed by atoms with Crippen molar-refractivity contribution in [3.05, 3.63) is 95.1 Å². The summed E-state index contributed by atoms with van der Waals surface area (Å²) in [5, 5.41) is 7.67. The van der Waals surface area contributed by atoms with Crippen LogP contribution in [-0.4, -0.2) is 48.3 Å². The Morgan fingerprint density at radius 3 is 2.23 bits per heavy atom. The fourth-order valence-electron chi connectivity index (χ4n) is 5.23. The van der Waals surface area contributed by atoms with Gasteiger partial charge in [-0.2, -0.15) is 4.98 Å². The number of ketones is 1. The van der Waals surface area contributed by atoms with Crippen LogP contribution in [-0.2, 0) is 0 Å². The Kier molecular flexibility index (Phi) is 7.87. The normalized spacial score (nSPS) is 17.0. The van der Waals surface area contributed by atoms with Crippen molar-refractivity contribution < 1.29 is 9.59 Å². The van der Waals surface area contributed by atoms with E-state index < -0.39 is 0 Å². The van der Waals surface area contributed by atoms with Crippen LogP contribution in [0, 0.1) is 12.8 Å². The number of benzene rings is 3. The number of nitrogens with one attached hydrogen (secondary N) is 2. The largest absolute Gasteiger partial charge is 0.362 e. The average molecular weight is 522 g/mol. The van der Waals surface area contributed by atoms with Gasteiger partial charge in [0.2, 0.25) is 5.95 Å². The molecule has 7 nitrogen and oxygen atoms in total. The summed E-state index contributed by atoms with van der Waals surface area (Å²) < 4.78 is 0. The van der Waals surface area contributed by atoms with E-state index in [0.29, 0.717) is 41.1 Å². The molecule has 5 rings (SSSR count). The van der Waals surface area contributed by atoms with Gasteiger partial charge in [0.25, 0.3) is 5.91 Å². The third-order valence-electron chi connectivity index (χ3n) is 7.47. The molecule has 0 saturated heterocycles. The minimum absolute atomic E-state index is 0.138. The second-order valence-electron chi connectivity index (χ2n) is 10.6. The lowest BCUT2D eigenvalue weighted by molar-refractivity contribution is 0.0933. The molecule has 0 bridgehead atoms. The van der Waals surface area contributed by atoms with E-state index in [0.717, 1.165) is 48.0 Å². The Morgan fingerprint density at radius 1 is 0.846 bits per heavy atom. The van der Waals surface area contributed by atoms with E-state index in [1.54, 1.807) is 24.3 Å². The Morgan fingerprint density at radius 2 is 1.51 bits per heavy atom. The molecule has 2 N–H and O–H groups in total. The number of amides is 1. The fraction of sp³-hybridized carbons (Fsp3) is 0.312. The third kappa shape index (κ3) is 6.08. The quantitative estimate of drug-likeness (QED) is 0.292. The molecule has 1 fully saturated rings. The lowest BCUT2D eigenvalue weighted by atomic mass is 9.86. The molecule has 0 unspecified atom stereocenters. The maximum atomic E-state index is 13.1. The number of anilines is 2. The number of nitrogens with zero attached hydrogens (tertiary/aromatic N) is 3. The van der Waals surface area contributed by atoms with E-state index in [1.165, 1.54) is 0 Å². The van der Waals surface area contributed by atoms with Gasteiger partial charge in [0.15, 0.2) is 5.78 Å². The number of aryl methyl sites for hydroxylation is 1. The maximum Gasteiger partial charge on any atom is 0.252 e. The first-order valence-electron chi connectivity index (χ1n) is 13.6. The Labute approximate surface area is 229 Å². The Bertz CT molecular complexity index is 1470. The highest BCUT2D eigenvalue weighted by Crippen LogP contribution is 2.28. The number of carbonyl (C=O) groups excluding carboxylic acids is 2. The lowest BCUT2D eigenvalue weighted by Gasteiger charge is -2.29. The SMILES string of the molecule is Cc1ccc(C(=O)c2ccccc2C(=O)NCC2CCC(Nc3nc(N(C)C)c4ccccc4n3)CC2)cc1. The van der Waals surface area contributed by atoms with Gasteiger partial charge in [0.05, 0.1) is 11.1 Å². The smallest absolute Gasteiger partial charge is 0.252 e. The van der Waals surface area contributed by atoms with Gasteiger partial charge < -0.3 is 15.5 Å². The molecule has 0 atom stereocenters. The van der Waals surface area contributed by atoms with Gasteiger partial charge in [-0.05, 0) is 56.7 Å². The van der Waals surface area contributed by atoms with Crippen LogP contribution in [0.15, 0.2) is 72.8 Å². The van der Waals surface area contributed by atoms with Gasteiger partial charge in [-0.1, -0.05) is 60.2 Å². The van der Waals surface area contributed by atoms with Crippen LogP contribution in [0.4, 0.5) is 11.8 Å². The molecule has 4 aromatic rings. The first-order valence-corrected chi connectivity index (χ1v) is 13.6. The van der Waals surface area contributed by atoms with Crippen LogP contribution in [0.25, 0.3) is 10.9 Å². The van der Waals surface area contributed by atoms with Crippen molar-refractivity contribution in [3.8, 4) is 0 Å². The zero-order chi connectivity index (χ0) is 27.4. The molecule has 1 aliphatic carbocycles. The molecule has 0 spiro atoms. The second kappa shape index (κ2) is 11.6. The molecule has 1 heterocycles. The summed E-state index contributed by atoms with van der Waals surface area (Å²) in [5.74, 6) is 1.61. The van der Waals surface area contributed by atoms with Crippen molar-refractivity contribution in [2.75, 3.05) is 30.9 Å². The summed E-state index contributed by atoms with van der Waals surface area (Å²) >= 11 is 0. The highest BCUT2D eigenvalue weighted by Gasteiger charge is 2.24. The van der Waals surface area contributed by atoms with Crippen LogP contribution in [0.2, 0.25) is 0 Å². The molecule has 200 valence electrons. The molecular weight excluding hydrogens is 486 g/mol. The topological polar surface area (TPSA) is 87.2 Å². The number of fused-ring (bicyclic) bond motifs is 1. The predicted molar refractivity (Wildman–Crippen MR) is 157 cm³/mol. The summed E-state index contributed by atoms with van der Waals surface area (Å²) in [6.07, 6.45) is 3.96. The standard InChI is InChI=1S/C32H35N5O2/c1-21-12-16-23(17-13-21)29(38)25-8-4-5-9-26(25)31(39)33-20-22-14-18-24(19-15-22)34-32-35-28-11-7-6-10-27(28)30(36-32)37(2)3/h4-13,16-17,22,24H,14-15,18-20H2,1-3H3,(H,33,39)(H,34,35,36).